The number of rotatable bonds is 21. The molecule has 0 unspecified atom stereocenters. The first-order chi connectivity index (χ1) is 21.9. The normalized spacial score (nSPS) is 12.0. The topological polar surface area (TPSA) is 191 Å². The van der Waals surface area contributed by atoms with Crippen LogP contribution in [0.1, 0.15) is 51.7 Å². The van der Waals surface area contributed by atoms with Crippen molar-refractivity contribution in [2.45, 2.75) is 77.7 Å². The monoisotopic (exact) mass is 652 g/mol. The zero-order chi connectivity index (χ0) is 34.7. The van der Waals surface area contributed by atoms with Crippen molar-refractivity contribution >= 4 is 11.9 Å². The van der Waals surface area contributed by atoms with Gasteiger partial charge in [0.25, 0.3) is 0 Å². The molecule has 0 bridgehead atoms. The van der Waals surface area contributed by atoms with Gasteiger partial charge in [-0.2, -0.15) is 0 Å². The quantitative estimate of drug-likeness (QED) is 0.123. The molecule has 12 heteroatoms. The number of aliphatic hydroxyl groups is 2. The lowest BCUT2D eigenvalue weighted by atomic mass is 10.1. The smallest absolute Gasteiger partial charge is 0.137 e. The number of carboxylic acid groups (broad SMARTS) is 2. The standard InChI is InChI=1S/2C15H25NO3.C4H6O4/c2*1-12(2)16-10-14(17)11-19-15-6-4-13(5-7-15)8-9-18-3;5-3(6)1-2-4(7)8/h2*4-7,12,14,16-17H,8-11H2,1-3H3;1-2H2,(H,5,6)(H,7,8)/t2*14-;/m00./s1. The van der Waals surface area contributed by atoms with Crippen molar-refractivity contribution in [2.24, 2.45) is 0 Å². The molecule has 12 nitrogen and oxygen atoms in total. The molecule has 0 aliphatic heterocycles. The van der Waals surface area contributed by atoms with E-state index in [4.69, 9.17) is 18.9 Å². The van der Waals surface area contributed by atoms with Crippen molar-refractivity contribution in [3.63, 3.8) is 0 Å². The summed E-state index contributed by atoms with van der Waals surface area (Å²) in [6.07, 6.45) is 0.00189. The number of benzene rings is 2. The second kappa shape index (κ2) is 26.9. The molecule has 0 spiro atoms. The van der Waals surface area contributed by atoms with Gasteiger partial charge in [-0.1, -0.05) is 24.3 Å². The minimum atomic E-state index is -1.37. The Morgan fingerprint density at radius 3 is 1.24 bits per heavy atom. The van der Waals surface area contributed by atoms with Crippen molar-refractivity contribution in [3.05, 3.63) is 59.7 Å². The van der Waals surface area contributed by atoms with Gasteiger partial charge in [-0.3, -0.25) is 0 Å². The number of hydrogen-bond acceptors (Lipinski definition) is 10. The van der Waals surface area contributed by atoms with E-state index in [1.54, 1.807) is 14.2 Å². The zero-order valence-electron chi connectivity index (χ0n) is 28.3. The summed E-state index contributed by atoms with van der Waals surface area (Å²) >= 11 is 0. The summed E-state index contributed by atoms with van der Waals surface area (Å²) in [4.78, 5) is 19.0. The van der Waals surface area contributed by atoms with Crippen LogP contribution >= 0.6 is 0 Å². The highest BCUT2D eigenvalue weighted by Crippen LogP contribution is 2.14. The number of hydrogen-bond donors (Lipinski definition) is 4. The first-order valence-electron chi connectivity index (χ1n) is 15.7. The van der Waals surface area contributed by atoms with Gasteiger partial charge in [0.2, 0.25) is 0 Å². The molecule has 0 radical (unpaired) electrons. The molecule has 2 aromatic carbocycles. The molecule has 262 valence electrons. The minimum absolute atomic E-state index is 0.334. The highest BCUT2D eigenvalue weighted by atomic mass is 16.5. The van der Waals surface area contributed by atoms with E-state index < -0.39 is 37.0 Å². The maximum absolute atomic E-state index is 9.76. The van der Waals surface area contributed by atoms with Crippen LogP contribution in [0.2, 0.25) is 0 Å². The molecular formula is C34H56N2O10. The van der Waals surface area contributed by atoms with Gasteiger partial charge < -0.3 is 59.6 Å². The highest BCUT2D eigenvalue weighted by Gasteiger charge is 2.10. The molecule has 2 aromatic rings. The number of quaternary nitrogens is 2. The van der Waals surface area contributed by atoms with Crippen LogP contribution < -0.4 is 30.3 Å². The fourth-order valence-corrected chi connectivity index (χ4v) is 3.53. The summed E-state index contributed by atoms with van der Waals surface area (Å²) in [5, 5.41) is 42.7. The Balaban J connectivity index is 0.000000716. The maximum Gasteiger partial charge on any atom is 0.137 e. The van der Waals surface area contributed by atoms with Gasteiger partial charge in [-0.15, -0.1) is 0 Å². The van der Waals surface area contributed by atoms with E-state index in [-0.39, 0.29) is 0 Å². The van der Waals surface area contributed by atoms with Crippen molar-refractivity contribution in [3.8, 4) is 11.5 Å². The Morgan fingerprint density at radius 1 is 0.652 bits per heavy atom. The number of carboxylic acids is 2. The number of carbonyl (C=O) groups excluding carboxylic acids is 2. The summed E-state index contributed by atoms with van der Waals surface area (Å²) < 4.78 is 21.2. The lowest BCUT2D eigenvalue weighted by Crippen LogP contribution is -2.90. The van der Waals surface area contributed by atoms with Crippen molar-refractivity contribution in [2.75, 3.05) is 53.7 Å². The Bertz CT molecular complexity index is 950. The molecule has 0 aliphatic carbocycles. The zero-order valence-corrected chi connectivity index (χ0v) is 28.3. The van der Waals surface area contributed by atoms with Crippen LogP contribution in [0.15, 0.2) is 48.5 Å². The van der Waals surface area contributed by atoms with Gasteiger partial charge in [-0.05, 0) is 88.8 Å². The molecule has 2 atom stereocenters. The predicted octanol–water partition coefficient (Wildman–Crippen LogP) is -1.56. The lowest BCUT2D eigenvalue weighted by Gasteiger charge is -2.13. The Labute approximate surface area is 274 Å². The number of ether oxygens (including phenoxy) is 4. The Kier molecular flexibility index (Phi) is 25.0. The largest absolute Gasteiger partial charge is 0.550 e. The fourth-order valence-electron chi connectivity index (χ4n) is 3.53. The first-order valence-corrected chi connectivity index (χ1v) is 15.7. The second-order valence-electron chi connectivity index (χ2n) is 11.4. The SMILES string of the molecule is COCCc1ccc(OC[C@@H](O)C[NH2+]C(C)C)cc1.COCCc1ccc(OC[C@@H](O)C[NH2+]C(C)C)cc1.O=C([O-])CCC(=O)[O-]. The van der Waals surface area contributed by atoms with E-state index in [1.807, 2.05) is 48.5 Å². The van der Waals surface area contributed by atoms with Crippen LogP contribution in [0.5, 0.6) is 11.5 Å². The Morgan fingerprint density at radius 2 is 0.978 bits per heavy atom. The number of carbonyl (C=O) groups is 2. The van der Waals surface area contributed by atoms with E-state index in [2.05, 4.69) is 38.3 Å². The van der Waals surface area contributed by atoms with Crippen LogP contribution in [0.25, 0.3) is 0 Å². The van der Waals surface area contributed by atoms with Gasteiger partial charge in [0.1, 0.15) is 50.0 Å². The molecule has 0 amide bonds. The summed E-state index contributed by atoms with van der Waals surface area (Å²) in [5.41, 5.74) is 2.45. The van der Waals surface area contributed by atoms with Gasteiger partial charge >= 0.3 is 0 Å². The molecule has 0 saturated carbocycles. The third-order valence-electron chi connectivity index (χ3n) is 6.21. The van der Waals surface area contributed by atoms with Crippen LogP contribution in [0, 0.1) is 0 Å². The van der Waals surface area contributed by atoms with Gasteiger partial charge in [0, 0.05) is 26.2 Å². The van der Waals surface area contributed by atoms with E-state index in [0.29, 0.717) is 38.4 Å². The Hall–Kier alpha value is -3.26. The van der Waals surface area contributed by atoms with E-state index in [9.17, 15) is 30.0 Å². The van der Waals surface area contributed by atoms with E-state index in [0.717, 1.165) is 37.6 Å². The molecule has 0 aromatic heterocycles. The van der Waals surface area contributed by atoms with Crippen LogP contribution in [-0.4, -0.2) is 100 Å². The number of methoxy groups -OCH3 is 2. The third kappa shape index (κ3) is 26.0. The van der Waals surface area contributed by atoms with Crippen LogP contribution in [0.3, 0.4) is 0 Å². The van der Waals surface area contributed by atoms with Crippen LogP contribution in [-0.2, 0) is 31.9 Å². The van der Waals surface area contributed by atoms with E-state index >= 15 is 0 Å². The van der Waals surface area contributed by atoms with Crippen molar-refractivity contribution in [1.29, 1.82) is 0 Å². The lowest BCUT2D eigenvalue weighted by molar-refractivity contribution is -0.688. The minimum Gasteiger partial charge on any atom is -0.550 e. The van der Waals surface area contributed by atoms with Gasteiger partial charge in [0.05, 0.1) is 25.3 Å². The predicted molar refractivity (Wildman–Crippen MR) is 170 cm³/mol. The van der Waals surface area contributed by atoms with E-state index in [1.165, 1.54) is 11.1 Å². The van der Waals surface area contributed by atoms with Crippen LogP contribution in [0.4, 0.5) is 0 Å². The first kappa shape index (κ1) is 42.7. The summed E-state index contributed by atoms with van der Waals surface area (Å²) in [7, 11) is 3.40. The molecule has 2 rings (SSSR count). The number of nitrogens with two attached hydrogens (primary N) is 2. The molecular weight excluding hydrogens is 596 g/mol. The molecule has 46 heavy (non-hydrogen) atoms. The summed E-state index contributed by atoms with van der Waals surface area (Å²) in [6, 6.07) is 16.8. The number of aliphatic hydroxyl groups excluding tert-OH is 2. The van der Waals surface area contributed by atoms with Gasteiger partial charge in [-0.25, -0.2) is 0 Å². The highest BCUT2D eigenvalue weighted by molar-refractivity contribution is 5.72. The number of aliphatic carboxylic acids is 2. The molecule has 6 N–H and O–H groups in total. The molecule has 0 saturated heterocycles. The second-order valence-corrected chi connectivity index (χ2v) is 11.4. The molecule has 0 heterocycles. The fraction of sp³-hybridized carbons (Fsp3) is 0.588. The van der Waals surface area contributed by atoms with Gasteiger partial charge in [0.15, 0.2) is 0 Å². The molecule has 0 aliphatic rings. The summed E-state index contributed by atoms with van der Waals surface area (Å²) in [6.45, 7) is 11.9. The molecule has 0 fully saturated rings. The van der Waals surface area contributed by atoms with Crippen molar-refractivity contribution in [1.82, 2.24) is 0 Å². The third-order valence-corrected chi connectivity index (χ3v) is 6.21. The average Bonchev–Trinajstić information content (AvgIpc) is 3.03. The maximum atomic E-state index is 9.76. The summed E-state index contributed by atoms with van der Waals surface area (Å²) in [5.74, 6) is -1.14. The average molecular weight is 653 g/mol. The van der Waals surface area contributed by atoms with Crippen molar-refractivity contribution < 1.29 is 59.6 Å².